The summed E-state index contributed by atoms with van der Waals surface area (Å²) in [6.45, 7) is 0. The van der Waals surface area contributed by atoms with Crippen molar-refractivity contribution in [1.29, 1.82) is 0 Å². The Labute approximate surface area is 52.8 Å². The number of rotatable bonds is 0. The molecule has 1 aliphatic rings. The Morgan fingerprint density at radius 2 is 1.67 bits per heavy atom. The van der Waals surface area contributed by atoms with Crippen LogP contribution < -0.4 is 0 Å². The van der Waals surface area contributed by atoms with Crippen molar-refractivity contribution >= 4 is 7.85 Å². The van der Waals surface area contributed by atoms with Crippen LogP contribution in [0.25, 0.3) is 0 Å². The lowest BCUT2D eigenvalue weighted by molar-refractivity contribution is -0.193. The molecule has 0 aromatic heterocycles. The third-order valence-electron chi connectivity index (χ3n) is 1.64. The fraction of sp³-hybridized carbons (Fsp3) is 1.00. The minimum absolute atomic E-state index is 0.115. The third-order valence-corrected chi connectivity index (χ3v) is 1.64. The quantitative estimate of drug-likeness (QED) is 0.444. The van der Waals surface area contributed by atoms with Gasteiger partial charge in [-0.05, 0) is 12.8 Å². The van der Waals surface area contributed by atoms with Gasteiger partial charge in [-0.3, -0.25) is 0 Å². The van der Waals surface area contributed by atoms with Gasteiger partial charge < -0.3 is 0 Å². The second-order valence-corrected chi connectivity index (χ2v) is 2.47. The molecular weight excluding hydrogens is 128 g/mol. The van der Waals surface area contributed by atoms with Crippen LogP contribution in [-0.2, 0) is 0 Å². The summed E-state index contributed by atoms with van der Waals surface area (Å²) in [4.78, 5) is 0. The van der Waals surface area contributed by atoms with E-state index in [0.29, 0.717) is 0 Å². The Morgan fingerprint density at radius 3 is 1.78 bits per heavy atom. The second kappa shape index (κ2) is 1.92. The van der Waals surface area contributed by atoms with E-state index in [1.807, 2.05) is 0 Å². The number of hydrogen-bond acceptors (Lipinski definition) is 0. The summed E-state index contributed by atoms with van der Waals surface area (Å²) >= 11 is 0. The largest absolute Gasteiger partial charge is 0.391 e. The fourth-order valence-corrected chi connectivity index (χ4v) is 0.929. The average Bonchev–Trinajstić information content (AvgIpc) is 1.55. The lowest BCUT2D eigenvalue weighted by Crippen LogP contribution is -2.32. The fourth-order valence-electron chi connectivity index (χ4n) is 0.929. The summed E-state index contributed by atoms with van der Waals surface area (Å²) in [5.41, 5.74) is 0. The lowest BCUT2D eigenvalue weighted by Gasteiger charge is -2.34. The summed E-state index contributed by atoms with van der Waals surface area (Å²) in [7, 11) is 5.17. The Kier molecular flexibility index (Phi) is 1.49. The van der Waals surface area contributed by atoms with Crippen LogP contribution in [0.15, 0.2) is 0 Å². The molecular formula is C5H6BF3. The Hall–Kier alpha value is -0.145. The van der Waals surface area contributed by atoms with Gasteiger partial charge in [-0.2, -0.15) is 13.2 Å². The molecule has 50 valence electrons. The van der Waals surface area contributed by atoms with E-state index in [-0.39, 0.29) is 18.7 Å². The minimum atomic E-state index is -4.00. The molecule has 0 aromatic carbocycles. The van der Waals surface area contributed by atoms with Crippen LogP contribution in [0.1, 0.15) is 12.8 Å². The van der Waals surface area contributed by atoms with E-state index in [9.17, 15) is 13.2 Å². The summed E-state index contributed by atoms with van der Waals surface area (Å²) in [5.74, 6) is -1.33. The van der Waals surface area contributed by atoms with Gasteiger partial charge in [-0.15, -0.1) is 0 Å². The minimum Gasteiger partial charge on any atom is -0.171 e. The molecule has 2 radical (unpaired) electrons. The van der Waals surface area contributed by atoms with Gasteiger partial charge in [0.2, 0.25) is 0 Å². The van der Waals surface area contributed by atoms with Crippen LogP contribution in [0.4, 0.5) is 13.2 Å². The molecule has 9 heavy (non-hydrogen) atoms. The number of halogens is 3. The molecule has 0 heterocycles. The zero-order valence-electron chi connectivity index (χ0n) is 4.78. The first-order valence-electron chi connectivity index (χ1n) is 2.82. The molecule has 0 aromatic rings. The highest BCUT2D eigenvalue weighted by atomic mass is 19.4. The van der Waals surface area contributed by atoms with Crippen molar-refractivity contribution in [3.05, 3.63) is 0 Å². The van der Waals surface area contributed by atoms with E-state index in [1.54, 1.807) is 0 Å². The maximum absolute atomic E-state index is 11.6. The molecule has 4 heteroatoms. The summed E-state index contributed by atoms with van der Waals surface area (Å²) < 4.78 is 34.9. The molecule has 0 saturated heterocycles. The molecule has 0 bridgehead atoms. The standard InChI is InChI=1S/C5H6BF3/c6-4-1-3(2-4)5(7,8)9/h3-4H,1-2H2. The van der Waals surface area contributed by atoms with Crippen LogP contribution in [0, 0.1) is 5.92 Å². The maximum atomic E-state index is 11.6. The molecule has 1 saturated carbocycles. The van der Waals surface area contributed by atoms with E-state index in [1.165, 1.54) is 0 Å². The van der Waals surface area contributed by atoms with Crippen molar-refractivity contribution in [3.63, 3.8) is 0 Å². The summed E-state index contributed by atoms with van der Waals surface area (Å²) in [6.07, 6.45) is -3.77. The highest BCUT2D eigenvalue weighted by Gasteiger charge is 2.45. The van der Waals surface area contributed by atoms with Crippen LogP contribution in [0.3, 0.4) is 0 Å². The molecule has 0 atom stereocenters. The van der Waals surface area contributed by atoms with Gasteiger partial charge in [0, 0.05) is 0 Å². The van der Waals surface area contributed by atoms with E-state index >= 15 is 0 Å². The highest BCUT2D eigenvalue weighted by Crippen LogP contribution is 2.46. The predicted molar refractivity (Wildman–Crippen MR) is 28.3 cm³/mol. The first kappa shape index (κ1) is 6.97. The molecule has 0 unspecified atom stereocenters. The van der Waals surface area contributed by atoms with Gasteiger partial charge in [-0.1, -0.05) is 5.82 Å². The van der Waals surface area contributed by atoms with Crippen LogP contribution in [-0.4, -0.2) is 14.0 Å². The van der Waals surface area contributed by atoms with Gasteiger partial charge in [0.25, 0.3) is 0 Å². The Morgan fingerprint density at radius 1 is 1.22 bits per heavy atom. The van der Waals surface area contributed by atoms with Crippen molar-refractivity contribution in [1.82, 2.24) is 0 Å². The molecule has 0 amide bonds. The van der Waals surface area contributed by atoms with Crippen molar-refractivity contribution in [2.24, 2.45) is 5.92 Å². The summed E-state index contributed by atoms with van der Waals surface area (Å²) in [5, 5.41) is 0. The lowest BCUT2D eigenvalue weighted by atomic mass is 9.64. The first-order chi connectivity index (χ1) is 4.00. The molecule has 1 aliphatic carbocycles. The topological polar surface area (TPSA) is 0 Å². The van der Waals surface area contributed by atoms with Gasteiger partial charge in [0.1, 0.15) is 0 Å². The van der Waals surface area contributed by atoms with E-state index in [4.69, 9.17) is 7.85 Å². The second-order valence-electron chi connectivity index (χ2n) is 2.47. The van der Waals surface area contributed by atoms with Gasteiger partial charge in [-0.25, -0.2) is 0 Å². The van der Waals surface area contributed by atoms with Gasteiger partial charge >= 0.3 is 6.18 Å². The van der Waals surface area contributed by atoms with Crippen LogP contribution >= 0.6 is 0 Å². The summed E-state index contributed by atoms with van der Waals surface area (Å²) in [6, 6.07) is 0. The zero-order chi connectivity index (χ0) is 7.07. The number of hydrogen-bond donors (Lipinski definition) is 0. The molecule has 1 rings (SSSR count). The van der Waals surface area contributed by atoms with Crippen LogP contribution in [0.5, 0.6) is 0 Å². The SMILES string of the molecule is [B]C1CC(C(F)(F)F)C1. The van der Waals surface area contributed by atoms with Crippen molar-refractivity contribution < 1.29 is 13.2 Å². The smallest absolute Gasteiger partial charge is 0.171 e. The van der Waals surface area contributed by atoms with E-state index in [0.717, 1.165) is 0 Å². The van der Waals surface area contributed by atoms with Gasteiger partial charge in [0.15, 0.2) is 0 Å². The van der Waals surface area contributed by atoms with Crippen molar-refractivity contribution in [2.45, 2.75) is 24.8 Å². The molecule has 0 spiro atoms. The van der Waals surface area contributed by atoms with E-state index < -0.39 is 12.1 Å². The molecule has 0 nitrogen and oxygen atoms in total. The molecule has 0 N–H and O–H groups in total. The van der Waals surface area contributed by atoms with Crippen LogP contribution in [0.2, 0.25) is 5.82 Å². The van der Waals surface area contributed by atoms with E-state index in [2.05, 4.69) is 0 Å². The van der Waals surface area contributed by atoms with Crippen molar-refractivity contribution in [2.75, 3.05) is 0 Å². The normalized spacial score (nSPS) is 35.9. The van der Waals surface area contributed by atoms with Gasteiger partial charge in [0.05, 0.1) is 13.8 Å². The average molecular weight is 134 g/mol. The molecule has 1 fully saturated rings. The monoisotopic (exact) mass is 134 g/mol. The van der Waals surface area contributed by atoms with Crippen molar-refractivity contribution in [3.8, 4) is 0 Å². The maximum Gasteiger partial charge on any atom is 0.391 e. The highest BCUT2D eigenvalue weighted by molar-refractivity contribution is 6.12. The Balaban J connectivity index is 2.32. The molecule has 0 aliphatic heterocycles. The third kappa shape index (κ3) is 1.40. The predicted octanol–water partition coefficient (Wildman–Crippen LogP) is 1.92. The Bertz CT molecular complexity index is 103. The number of alkyl halides is 3. The first-order valence-corrected chi connectivity index (χ1v) is 2.82. The zero-order valence-corrected chi connectivity index (χ0v) is 4.78.